The molecule has 0 saturated carbocycles. The number of alkyl halides is 1. The van der Waals surface area contributed by atoms with Crippen molar-refractivity contribution in [2.75, 3.05) is 31.3 Å². The zero-order valence-corrected chi connectivity index (χ0v) is 26.1. The zero-order valence-electron chi connectivity index (χ0n) is 22.5. The van der Waals surface area contributed by atoms with Crippen LogP contribution in [-0.4, -0.2) is 95.0 Å². The van der Waals surface area contributed by atoms with E-state index in [1.807, 2.05) is 0 Å². The standard InChI is InChI=1S/C21H23FN10O9P2S2/c22-9-8-1-36-42(33,44)41-14-13-20(32-7-30-11-16(24)26-5-28-18(11)32)39-21(14,2-35-13)3-37-43(34,45)40-12(9)19(38-8)31-6-29-10-15(23)25-4-27-17(10)31/h4-9,12-14,19-20H,1-3H2,(H,33,44)(H,34,45)(H2,23,25,27)(H2,24,26,28)/t8-,9+,12-,13-,14+,19-,20-,21-,42+,43+/m1/s1. The van der Waals surface area contributed by atoms with Crippen LogP contribution in [0.15, 0.2) is 25.3 Å². The number of imidazole rings is 2. The third-order valence-electron chi connectivity index (χ3n) is 7.94. The summed E-state index contributed by atoms with van der Waals surface area (Å²) in [4.78, 5) is 24.7. The summed E-state index contributed by atoms with van der Waals surface area (Å²) < 4.78 is 87.1. The lowest BCUT2D eigenvalue weighted by atomic mass is 10.0. The number of rotatable bonds is 2. The molecule has 0 unspecified atom stereocenters. The maximum atomic E-state index is 15.9. The van der Waals surface area contributed by atoms with Crippen molar-refractivity contribution in [3.8, 4) is 0 Å². The van der Waals surface area contributed by atoms with Crippen molar-refractivity contribution in [3.05, 3.63) is 25.3 Å². The normalized spacial score (nSPS) is 40.3. The van der Waals surface area contributed by atoms with Gasteiger partial charge in [0.1, 0.15) is 53.7 Å². The van der Waals surface area contributed by atoms with Crippen LogP contribution < -0.4 is 11.5 Å². The zero-order chi connectivity index (χ0) is 31.3. The monoisotopic (exact) mass is 704 g/mol. The molecule has 4 saturated heterocycles. The van der Waals surface area contributed by atoms with Crippen molar-refractivity contribution < 1.29 is 45.8 Å². The van der Waals surface area contributed by atoms with Gasteiger partial charge in [0, 0.05) is 0 Å². The van der Waals surface area contributed by atoms with Gasteiger partial charge in [-0.25, -0.2) is 43.4 Å². The molecule has 0 amide bonds. The Bertz CT molecular complexity index is 1920. The predicted molar refractivity (Wildman–Crippen MR) is 156 cm³/mol. The van der Waals surface area contributed by atoms with E-state index >= 15 is 4.39 Å². The summed E-state index contributed by atoms with van der Waals surface area (Å²) in [6.07, 6.45) is -4.12. The number of hydrogen-bond acceptors (Lipinski definition) is 17. The van der Waals surface area contributed by atoms with E-state index in [0.717, 1.165) is 0 Å². The van der Waals surface area contributed by atoms with Gasteiger partial charge in [-0.3, -0.25) is 27.2 Å². The molecule has 4 aromatic rings. The van der Waals surface area contributed by atoms with Crippen molar-refractivity contribution in [2.45, 2.75) is 48.6 Å². The molecule has 0 aliphatic carbocycles. The topological polar surface area (TPSA) is 238 Å². The summed E-state index contributed by atoms with van der Waals surface area (Å²) >= 11 is 8.28. The van der Waals surface area contributed by atoms with Crippen LogP contribution in [0.5, 0.6) is 0 Å². The molecule has 24 heteroatoms. The van der Waals surface area contributed by atoms with Gasteiger partial charge in [-0.05, 0) is 0 Å². The fourth-order valence-corrected chi connectivity index (χ4v) is 8.84. The Morgan fingerprint density at radius 2 is 1.47 bits per heavy atom. The van der Waals surface area contributed by atoms with E-state index in [1.54, 1.807) is 0 Å². The number of anilines is 2. The highest BCUT2D eigenvalue weighted by molar-refractivity contribution is 8.44. The Morgan fingerprint density at radius 1 is 0.844 bits per heavy atom. The quantitative estimate of drug-likeness (QED) is 0.171. The van der Waals surface area contributed by atoms with Gasteiger partial charge in [-0.1, -0.05) is 24.5 Å². The minimum absolute atomic E-state index is 0.0739. The van der Waals surface area contributed by atoms with Gasteiger partial charge in [-0.15, -0.1) is 0 Å². The van der Waals surface area contributed by atoms with Gasteiger partial charge in [-0.2, -0.15) is 0 Å². The molecule has 4 aromatic heterocycles. The van der Waals surface area contributed by atoms with Crippen LogP contribution in [0.4, 0.5) is 16.0 Å². The van der Waals surface area contributed by atoms with Crippen molar-refractivity contribution in [1.82, 2.24) is 39.0 Å². The number of hydrogen-bond donors (Lipinski definition) is 4. The molecular formula is C21H23FN10O9P2S2. The molecule has 4 N–H and O–H groups in total. The molecule has 10 atom stereocenters. The number of nitrogens with zero attached hydrogens (tertiary/aromatic N) is 8. The predicted octanol–water partition coefficient (Wildman–Crippen LogP) is 1.63. The smallest absolute Gasteiger partial charge is 0.382 e. The van der Waals surface area contributed by atoms with Gasteiger partial charge in [0.05, 0.1) is 32.5 Å². The van der Waals surface area contributed by atoms with Crippen molar-refractivity contribution in [1.29, 1.82) is 0 Å². The van der Waals surface area contributed by atoms with Gasteiger partial charge >= 0.3 is 13.6 Å². The Hall–Kier alpha value is -2.49. The summed E-state index contributed by atoms with van der Waals surface area (Å²) in [5.74, 6) is 0.218. The van der Waals surface area contributed by atoms with Crippen molar-refractivity contribution in [3.63, 3.8) is 0 Å². The van der Waals surface area contributed by atoms with Crippen LogP contribution >= 0.6 is 38.1 Å². The number of fused-ring (bicyclic) bond motifs is 4. The van der Waals surface area contributed by atoms with Crippen molar-refractivity contribution in [2.24, 2.45) is 0 Å². The summed E-state index contributed by atoms with van der Waals surface area (Å²) in [5, 5.41) is 0. The third kappa shape index (κ3) is 4.86. The van der Waals surface area contributed by atoms with E-state index in [-0.39, 0.29) is 29.4 Å². The first-order valence-electron chi connectivity index (χ1n) is 13.2. The molecular weight excluding hydrogens is 681 g/mol. The average Bonchev–Trinajstić information content (AvgIpc) is 3.80. The molecule has 4 fully saturated rings. The fourth-order valence-electron chi connectivity index (χ4n) is 5.87. The lowest BCUT2D eigenvalue weighted by Gasteiger charge is -2.32. The maximum absolute atomic E-state index is 15.9. The summed E-state index contributed by atoms with van der Waals surface area (Å²) in [6.45, 7) is -9.90. The highest BCUT2D eigenvalue weighted by Crippen LogP contribution is 2.63. The number of aromatic nitrogens is 8. The number of nitrogen functional groups attached to an aromatic ring is 2. The summed E-state index contributed by atoms with van der Waals surface area (Å²) in [5.41, 5.74) is 11.4. The molecule has 8 heterocycles. The molecule has 45 heavy (non-hydrogen) atoms. The largest absolute Gasteiger partial charge is 0.386 e. The fraction of sp³-hybridized carbons (Fsp3) is 0.524. The minimum atomic E-state index is -4.38. The average molecular weight is 705 g/mol. The molecule has 0 aromatic carbocycles. The molecule has 0 spiro atoms. The van der Waals surface area contributed by atoms with Gasteiger partial charge in [0.2, 0.25) is 0 Å². The second-order valence-electron chi connectivity index (χ2n) is 10.6. The number of halogens is 1. The molecule has 4 aliphatic rings. The van der Waals surface area contributed by atoms with Crippen LogP contribution in [0.3, 0.4) is 0 Å². The Morgan fingerprint density at radius 3 is 2.13 bits per heavy atom. The van der Waals surface area contributed by atoms with E-state index < -0.39 is 75.5 Å². The van der Waals surface area contributed by atoms with E-state index in [0.29, 0.717) is 11.2 Å². The van der Waals surface area contributed by atoms with Crippen molar-refractivity contribution >= 4 is 72.1 Å². The molecule has 4 bridgehead atoms. The molecule has 0 radical (unpaired) electrons. The van der Waals surface area contributed by atoms with Gasteiger partial charge in [0.15, 0.2) is 41.6 Å². The first-order chi connectivity index (χ1) is 21.5. The SMILES string of the molecule is Nc1ncnc2c1ncn2[C@@H]1O[C@@H]2CO[P@](=O)(S)O[C@H]3[C@H]4OC[C@]3(CO[P@](=O)(S)O[C@@H]1[C@H]2F)O[C@H]4n1cnc2c(N)ncnc21. The van der Waals surface area contributed by atoms with Crippen LogP contribution in [-0.2, 0) is 41.4 Å². The van der Waals surface area contributed by atoms with E-state index in [2.05, 4.69) is 54.4 Å². The van der Waals surface area contributed by atoms with Crippen LogP contribution in [0, 0.1) is 0 Å². The highest BCUT2D eigenvalue weighted by Gasteiger charge is 2.66. The number of nitrogens with two attached hydrogens (primary N) is 2. The molecule has 240 valence electrons. The molecule has 19 nitrogen and oxygen atoms in total. The summed E-state index contributed by atoms with van der Waals surface area (Å²) in [6, 6.07) is 0. The van der Waals surface area contributed by atoms with Crippen LogP contribution in [0.2, 0.25) is 0 Å². The lowest BCUT2D eigenvalue weighted by Crippen LogP contribution is -2.45. The van der Waals surface area contributed by atoms with E-state index in [4.69, 9.17) is 43.8 Å². The van der Waals surface area contributed by atoms with E-state index in [9.17, 15) is 9.13 Å². The summed E-state index contributed by atoms with van der Waals surface area (Å²) in [7, 11) is 0. The van der Waals surface area contributed by atoms with Gasteiger partial charge < -0.3 is 25.7 Å². The third-order valence-corrected chi connectivity index (χ3v) is 11.1. The van der Waals surface area contributed by atoms with Crippen LogP contribution in [0.25, 0.3) is 22.3 Å². The second kappa shape index (κ2) is 10.5. The molecule has 4 aliphatic heterocycles. The van der Waals surface area contributed by atoms with Gasteiger partial charge in [0.25, 0.3) is 0 Å². The Kier molecular flexibility index (Phi) is 6.98. The number of thiol groups is 2. The molecule has 8 rings (SSSR count). The Labute approximate surface area is 261 Å². The van der Waals surface area contributed by atoms with E-state index in [1.165, 1.54) is 34.4 Å². The lowest BCUT2D eigenvalue weighted by molar-refractivity contribution is -0.182. The second-order valence-corrected chi connectivity index (χ2v) is 16.4. The minimum Gasteiger partial charge on any atom is -0.382 e. The first kappa shape index (κ1) is 29.9. The first-order valence-corrected chi connectivity index (χ1v) is 18.6. The highest BCUT2D eigenvalue weighted by atomic mass is 32.7. The van der Waals surface area contributed by atoms with Crippen LogP contribution in [0.1, 0.15) is 12.5 Å². The maximum Gasteiger partial charge on any atom is 0.386 e. The Balaban J connectivity index is 1.14. The number of ether oxygens (including phenoxy) is 3.